The lowest BCUT2D eigenvalue weighted by molar-refractivity contribution is -0.144. The monoisotopic (exact) mass is 421 g/mol. The fourth-order valence-corrected chi connectivity index (χ4v) is 3.96. The predicted octanol–water partition coefficient (Wildman–Crippen LogP) is 3.86. The number of nitrogens with one attached hydrogen (secondary N) is 1. The predicted molar refractivity (Wildman–Crippen MR) is 95.6 cm³/mol. The molecular weight excluding hydrogens is 410 g/mol. The summed E-state index contributed by atoms with van der Waals surface area (Å²) in [5.41, 5.74) is -3.58. The molecule has 0 saturated heterocycles. The van der Waals surface area contributed by atoms with Gasteiger partial charge in [0.25, 0.3) is 5.56 Å². The van der Waals surface area contributed by atoms with Crippen molar-refractivity contribution < 1.29 is 17.6 Å². The molecule has 3 aromatic rings. The standard InChI is InChI=1S/C16H12ClF4N3O2S/c1-6-14(27-3)11-12(22-6)7(17)4-8(18)13(11)24-10(25)5-9(16(19,20)21)23(2)15(24)26/h4-5,22H,1-3H3. The number of aromatic amines is 1. The molecule has 0 atom stereocenters. The molecule has 0 radical (unpaired) electrons. The Morgan fingerprint density at radius 2 is 1.85 bits per heavy atom. The molecule has 5 nitrogen and oxygen atoms in total. The first-order valence-electron chi connectivity index (χ1n) is 7.44. The second-order valence-corrected chi connectivity index (χ2v) is 6.99. The van der Waals surface area contributed by atoms with Crippen molar-refractivity contribution in [3.63, 3.8) is 0 Å². The van der Waals surface area contributed by atoms with Gasteiger partial charge < -0.3 is 4.98 Å². The van der Waals surface area contributed by atoms with Gasteiger partial charge in [-0.25, -0.2) is 13.8 Å². The maximum atomic E-state index is 14.8. The Hall–Kier alpha value is -2.20. The number of nitrogens with zero attached hydrogens (tertiary/aromatic N) is 2. The molecule has 1 aromatic carbocycles. The van der Waals surface area contributed by atoms with Gasteiger partial charge in [0, 0.05) is 29.1 Å². The van der Waals surface area contributed by atoms with E-state index in [4.69, 9.17) is 11.6 Å². The SMILES string of the molecule is CSc1c(C)[nH]c2c(Cl)cc(F)c(-n3c(=O)cc(C(F)(F)F)n(C)c3=O)c12. The van der Waals surface area contributed by atoms with Gasteiger partial charge in [-0.1, -0.05) is 11.6 Å². The summed E-state index contributed by atoms with van der Waals surface area (Å²) >= 11 is 7.28. The van der Waals surface area contributed by atoms with Crippen LogP contribution < -0.4 is 11.2 Å². The number of hydrogen-bond acceptors (Lipinski definition) is 3. The quantitative estimate of drug-likeness (QED) is 0.505. The van der Waals surface area contributed by atoms with E-state index < -0.39 is 34.6 Å². The van der Waals surface area contributed by atoms with Gasteiger partial charge in [0.2, 0.25) is 0 Å². The Bertz CT molecular complexity index is 1190. The zero-order chi connectivity index (χ0) is 20.3. The number of aryl methyl sites for hydroxylation is 1. The van der Waals surface area contributed by atoms with Crippen LogP contribution in [0.2, 0.25) is 5.02 Å². The third-order valence-electron chi connectivity index (χ3n) is 4.12. The van der Waals surface area contributed by atoms with E-state index >= 15 is 0 Å². The molecule has 0 amide bonds. The first kappa shape index (κ1) is 19.6. The molecule has 3 rings (SSSR count). The lowest BCUT2D eigenvalue weighted by Crippen LogP contribution is -2.41. The van der Waals surface area contributed by atoms with Gasteiger partial charge in [0.05, 0.1) is 10.5 Å². The molecule has 2 aromatic heterocycles. The largest absolute Gasteiger partial charge is 0.431 e. The van der Waals surface area contributed by atoms with Crippen molar-refractivity contribution in [2.24, 2.45) is 7.05 Å². The lowest BCUT2D eigenvalue weighted by Gasteiger charge is -2.15. The first-order valence-corrected chi connectivity index (χ1v) is 9.04. The minimum absolute atomic E-state index is 0.0198. The fourth-order valence-electron chi connectivity index (χ4n) is 2.96. The molecule has 0 unspecified atom stereocenters. The summed E-state index contributed by atoms with van der Waals surface area (Å²) in [5.74, 6) is -0.999. The van der Waals surface area contributed by atoms with E-state index in [-0.39, 0.29) is 26.6 Å². The average molecular weight is 422 g/mol. The number of fused-ring (bicyclic) bond motifs is 1. The van der Waals surface area contributed by atoms with Crippen molar-refractivity contribution in [3.8, 4) is 5.69 Å². The molecule has 11 heteroatoms. The highest BCUT2D eigenvalue weighted by Gasteiger charge is 2.35. The van der Waals surface area contributed by atoms with Crippen LogP contribution in [0.5, 0.6) is 0 Å². The van der Waals surface area contributed by atoms with Crippen LogP contribution in [-0.2, 0) is 13.2 Å². The number of alkyl halides is 3. The molecule has 0 aliphatic carbocycles. The van der Waals surface area contributed by atoms with Gasteiger partial charge >= 0.3 is 11.9 Å². The summed E-state index contributed by atoms with van der Waals surface area (Å²) in [7, 11) is 0.865. The number of hydrogen-bond donors (Lipinski definition) is 1. The molecule has 0 saturated carbocycles. The number of rotatable bonds is 2. The number of benzene rings is 1. The summed E-state index contributed by atoms with van der Waals surface area (Å²) < 4.78 is 54.6. The van der Waals surface area contributed by atoms with Crippen LogP contribution in [0.25, 0.3) is 16.6 Å². The highest BCUT2D eigenvalue weighted by atomic mass is 35.5. The Kier molecular flexibility index (Phi) is 4.67. The van der Waals surface area contributed by atoms with Crippen LogP contribution in [0.15, 0.2) is 26.6 Å². The average Bonchev–Trinajstić information content (AvgIpc) is 2.89. The van der Waals surface area contributed by atoms with Gasteiger partial charge in [0.1, 0.15) is 17.2 Å². The molecular formula is C16H12ClF4N3O2S. The number of H-pyrrole nitrogens is 1. The van der Waals surface area contributed by atoms with Gasteiger partial charge in [-0.15, -0.1) is 11.8 Å². The normalized spacial score (nSPS) is 12.1. The van der Waals surface area contributed by atoms with E-state index in [1.54, 1.807) is 13.2 Å². The Balaban J connectivity index is 2.54. The van der Waals surface area contributed by atoms with E-state index in [1.165, 1.54) is 11.8 Å². The summed E-state index contributed by atoms with van der Waals surface area (Å²) in [6, 6.07) is 1.17. The minimum atomic E-state index is -4.91. The molecule has 0 bridgehead atoms. The second kappa shape index (κ2) is 6.45. The zero-order valence-corrected chi connectivity index (χ0v) is 15.7. The van der Waals surface area contributed by atoms with Crippen LogP contribution in [0.1, 0.15) is 11.4 Å². The molecule has 27 heavy (non-hydrogen) atoms. The van der Waals surface area contributed by atoms with Crippen LogP contribution >= 0.6 is 23.4 Å². The fraction of sp³-hybridized carbons (Fsp3) is 0.250. The van der Waals surface area contributed by atoms with Crippen molar-refractivity contribution in [1.29, 1.82) is 0 Å². The van der Waals surface area contributed by atoms with Gasteiger partial charge in [-0.05, 0) is 19.2 Å². The zero-order valence-electron chi connectivity index (χ0n) is 14.2. The third kappa shape index (κ3) is 2.96. The smallest absolute Gasteiger partial charge is 0.356 e. The van der Waals surface area contributed by atoms with Crippen LogP contribution in [0.3, 0.4) is 0 Å². The molecule has 2 heterocycles. The van der Waals surface area contributed by atoms with E-state index in [9.17, 15) is 27.2 Å². The van der Waals surface area contributed by atoms with Crippen molar-refractivity contribution in [3.05, 3.63) is 55.2 Å². The third-order valence-corrected chi connectivity index (χ3v) is 5.34. The van der Waals surface area contributed by atoms with E-state index in [0.29, 0.717) is 15.2 Å². The van der Waals surface area contributed by atoms with Crippen LogP contribution in [0.4, 0.5) is 17.6 Å². The summed E-state index contributed by atoms with van der Waals surface area (Å²) in [4.78, 5) is 28.4. The summed E-state index contributed by atoms with van der Waals surface area (Å²) in [6.07, 6.45) is -3.21. The molecule has 0 aliphatic heterocycles. The van der Waals surface area contributed by atoms with Crippen LogP contribution in [0, 0.1) is 12.7 Å². The molecule has 144 valence electrons. The maximum Gasteiger partial charge on any atom is 0.431 e. The molecule has 0 fully saturated rings. The lowest BCUT2D eigenvalue weighted by atomic mass is 10.2. The molecule has 1 N–H and O–H groups in total. The Labute approximate surface area is 158 Å². The van der Waals surface area contributed by atoms with E-state index in [0.717, 1.165) is 13.1 Å². The Morgan fingerprint density at radius 3 is 2.41 bits per heavy atom. The van der Waals surface area contributed by atoms with Gasteiger partial charge in [-0.2, -0.15) is 13.2 Å². The highest BCUT2D eigenvalue weighted by molar-refractivity contribution is 7.98. The van der Waals surface area contributed by atoms with Gasteiger partial charge in [0.15, 0.2) is 0 Å². The van der Waals surface area contributed by atoms with Gasteiger partial charge in [-0.3, -0.25) is 9.36 Å². The van der Waals surface area contributed by atoms with Crippen molar-refractivity contribution in [2.45, 2.75) is 18.0 Å². The number of thioether (sulfide) groups is 1. The molecule has 0 aliphatic rings. The first-order chi connectivity index (χ1) is 12.5. The van der Waals surface area contributed by atoms with Crippen molar-refractivity contribution in [2.75, 3.05) is 6.26 Å². The van der Waals surface area contributed by atoms with Crippen molar-refractivity contribution in [1.82, 2.24) is 14.1 Å². The minimum Gasteiger partial charge on any atom is -0.356 e. The topological polar surface area (TPSA) is 59.8 Å². The maximum absolute atomic E-state index is 14.8. The summed E-state index contributed by atoms with van der Waals surface area (Å²) in [5, 5.41) is 0.176. The van der Waals surface area contributed by atoms with Crippen LogP contribution in [-0.4, -0.2) is 20.4 Å². The second-order valence-electron chi connectivity index (χ2n) is 5.76. The number of aromatic nitrogens is 3. The van der Waals surface area contributed by atoms with Crippen molar-refractivity contribution >= 4 is 34.3 Å². The van der Waals surface area contributed by atoms with E-state index in [2.05, 4.69) is 4.98 Å². The van der Waals surface area contributed by atoms with E-state index in [1.807, 2.05) is 0 Å². The molecule has 0 spiro atoms. The highest BCUT2D eigenvalue weighted by Crippen LogP contribution is 2.38. The number of halogens is 5. The summed E-state index contributed by atoms with van der Waals surface area (Å²) in [6.45, 7) is 1.69. The Morgan fingerprint density at radius 1 is 1.22 bits per heavy atom.